The van der Waals surface area contributed by atoms with Gasteiger partial charge in [-0.15, -0.1) is 0 Å². The third-order valence-corrected chi connectivity index (χ3v) is 4.50. The monoisotopic (exact) mass is 370 g/mol. The van der Waals surface area contributed by atoms with Crippen LogP contribution in [0.2, 0.25) is 0 Å². The minimum atomic E-state index is -0.389. The van der Waals surface area contributed by atoms with E-state index >= 15 is 0 Å². The van der Waals surface area contributed by atoms with Gasteiger partial charge in [-0.05, 0) is 37.6 Å². The SMILES string of the molecule is CCOC(=O)c1ccc(N2CCCN(c3ccc([N+](=O)[O-])cc3)CC2)nc1. The smallest absolute Gasteiger partial charge is 0.339 e. The van der Waals surface area contributed by atoms with Crippen LogP contribution in [0.3, 0.4) is 0 Å². The van der Waals surface area contributed by atoms with Crippen molar-refractivity contribution < 1.29 is 14.5 Å². The predicted molar refractivity (Wildman–Crippen MR) is 102 cm³/mol. The van der Waals surface area contributed by atoms with E-state index in [2.05, 4.69) is 14.8 Å². The van der Waals surface area contributed by atoms with Gasteiger partial charge in [0.25, 0.3) is 5.69 Å². The van der Waals surface area contributed by atoms with Crippen LogP contribution in [0.5, 0.6) is 0 Å². The zero-order valence-electron chi connectivity index (χ0n) is 15.2. The molecule has 8 nitrogen and oxygen atoms in total. The Labute approximate surface area is 157 Å². The summed E-state index contributed by atoms with van der Waals surface area (Å²) in [6.45, 7) is 5.41. The van der Waals surface area contributed by atoms with Crippen LogP contribution in [0.1, 0.15) is 23.7 Å². The van der Waals surface area contributed by atoms with Crippen LogP contribution in [-0.4, -0.2) is 48.7 Å². The Morgan fingerprint density at radius 1 is 1.11 bits per heavy atom. The highest BCUT2D eigenvalue weighted by atomic mass is 16.6. The second-order valence-corrected chi connectivity index (χ2v) is 6.23. The fraction of sp³-hybridized carbons (Fsp3) is 0.368. The van der Waals surface area contributed by atoms with Crippen LogP contribution in [0, 0.1) is 10.1 Å². The minimum Gasteiger partial charge on any atom is -0.462 e. The maximum atomic E-state index is 11.7. The fourth-order valence-electron chi connectivity index (χ4n) is 3.10. The van der Waals surface area contributed by atoms with Crippen molar-refractivity contribution in [3.63, 3.8) is 0 Å². The van der Waals surface area contributed by atoms with E-state index in [1.807, 2.05) is 6.07 Å². The molecule has 0 spiro atoms. The third kappa shape index (κ3) is 4.52. The molecule has 0 atom stereocenters. The average molecular weight is 370 g/mol. The molecule has 142 valence electrons. The number of hydrogen-bond donors (Lipinski definition) is 0. The Hall–Kier alpha value is -3.16. The molecule has 27 heavy (non-hydrogen) atoms. The molecule has 0 amide bonds. The molecule has 3 rings (SSSR count). The normalized spacial score (nSPS) is 14.6. The van der Waals surface area contributed by atoms with Gasteiger partial charge >= 0.3 is 5.97 Å². The highest BCUT2D eigenvalue weighted by molar-refractivity contribution is 5.89. The number of rotatable bonds is 5. The average Bonchev–Trinajstić information content (AvgIpc) is 2.94. The molecule has 8 heteroatoms. The highest BCUT2D eigenvalue weighted by Crippen LogP contribution is 2.22. The molecule has 0 aliphatic carbocycles. The van der Waals surface area contributed by atoms with Crippen molar-refractivity contribution in [2.75, 3.05) is 42.6 Å². The summed E-state index contributed by atoms with van der Waals surface area (Å²) < 4.78 is 4.98. The van der Waals surface area contributed by atoms with Crippen molar-refractivity contribution in [1.82, 2.24) is 4.98 Å². The molecule has 2 aromatic rings. The molecule has 1 saturated heterocycles. The van der Waals surface area contributed by atoms with Crippen LogP contribution < -0.4 is 9.80 Å². The lowest BCUT2D eigenvalue weighted by Crippen LogP contribution is -2.31. The molecule has 1 aliphatic rings. The van der Waals surface area contributed by atoms with Crippen molar-refractivity contribution in [3.05, 3.63) is 58.3 Å². The van der Waals surface area contributed by atoms with Gasteiger partial charge in [0.1, 0.15) is 5.82 Å². The molecular weight excluding hydrogens is 348 g/mol. The fourth-order valence-corrected chi connectivity index (χ4v) is 3.10. The van der Waals surface area contributed by atoms with E-state index in [0.29, 0.717) is 12.2 Å². The number of pyridine rings is 1. The summed E-state index contributed by atoms with van der Waals surface area (Å²) >= 11 is 0. The first kappa shape index (κ1) is 18.6. The van der Waals surface area contributed by atoms with E-state index in [0.717, 1.165) is 44.1 Å². The number of hydrogen-bond acceptors (Lipinski definition) is 7. The number of carbonyl (C=O) groups excluding carboxylic acids is 1. The summed E-state index contributed by atoms with van der Waals surface area (Å²) in [6, 6.07) is 10.2. The minimum absolute atomic E-state index is 0.0982. The first-order chi connectivity index (χ1) is 13.1. The Morgan fingerprint density at radius 3 is 2.44 bits per heavy atom. The zero-order chi connectivity index (χ0) is 19.2. The number of benzene rings is 1. The summed E-state index contributed by atoms with van der Waals surface area (Å²) in [5.41, 5.74) is 1.53. The maximum absolute atomic E-state index is 11.7. The number of nitro benzene ring substituents is 1. The first-order valence-electron chi connectivity index (χ1n) is 8.96. The van der Waals surface area contributed by atoms with Crippen LogP contribution >= 0.6 is 0 Å². The van der Waals surface area contributed by atoms with Gasteiger partial charge < -0.3 is 14.5 Å². The van der Waals surface area contributed by atoms with E-state index in [1.165, 1.54) is 12.1 Å². The van der Waals surface area contributed by atoms with Crippen molar-refractivity contribution >= 4 is 23.2 Å². The third-order valence-electron chi connectivity index (χ3n) is 4.50. The summed E-state index contributed by atoms with van der Waals surface area (Å²) in [7, 11) is 0. The van der Waals surface area contributed by atoms with E-state index in [-0.39, 0.29) is 16.6 Å². The van der Waals surface area contributed by atoms with Gasteiger partial charge in [0.2, 0.25) is 0 Å². The number of ether oxygens (including phenoxy) is 1. The number of nitro groups is 1. The topological polar surface area (TPSA) is 88.8 Å². The largest absolute Gasteiger partial charge is 0.462 e. The molecule has 0 N–H and O–H groups in total. The number of nitrogens with zero attached hydrogens (tertiary/aromatic N) is 4. The van der Waals surface area contributed by atoms with Gasteiger partial charge in [-0.2, -0.15) is 0 Å². The lowest BCUT2D eigenvalue weighted by molar-refractivity contribution is -0.384. The highest BCUT2D eigenvalue weighted by Gasteiger charge is 2.18. The number of carbonyl (C=O) groups is 1. The molecule has 2 heterocycles. The Kier molecular flexibility index (Phi) is 5.85. The second kappa shape index (κ2) is 8.48. The van der Waals surface area contributed by atoms with E-state index in [4.69, 9.17) is 4.74 Å². The Balaban J connectivity index is 1.64. The lowest BCUT2D eigenvalue weighted by atomic mass is 10.2. The molecule has 0 saturated carbocycles. The van der Waals surface area contributed by atoms with E-state index in [1.54, 1.807) is 31.3 Å². The van der Waals surface area contributed by atoms with Gasteiger partial charge in [0.15, 0.2) is 0 Å². The van der Waals surface area contributed by atoms with Crippen molar-refractivity contribution in [2.24, 2.45) is 0 Å². The summed E-state index contributed by atoms with van der Waals surface area (Å²) in [4.78, 5) is 30.9. The maximum Gasteiger partial charge on any atom is 0.339 e. The van der Waals surface area contributed by atoms with Crippen molar-refractivity contribution in [3.8, 4) is 0 Å². The molecule has 0 bridgehead atoms. The van der Waals surface area contributed by atoms with Crippen LogP contribution in [-0.2, 0) is 4.74 Å². The number of anilines is 2. The van der Waals surface area contributed by atoms with E-state index in [9.17, 15) is 14.9 Å². The summed E-state index contributed by atoms with van der Waals surface area (Å²) in [5.74, 6) is 0.463. The molecule has 1 aromatic carbocycles. The number of aromatic nitrogens is 1. The molecule has 0 unspecified atom stereocenters. The Morgan fingerprint density at radius 2 is 1.81 bits per heavy atom. The quantitative estimate of drug-likeness (QED) is 0.454. The lowest BCUT2D eigenvalue weighted by Gasteiger charge is -2.24. The molecule has 1 fully saturated rings. The summed E-state index contributed by atoms with van der Waals surface area (Å²) in [6.07, 6.45) is 2.49. The Bertz CT molecular complexity index is 792. The van der Waals surface area contributed by atoms with Gasteiger partial charge in [0.05, 0.1) is 17.1 Å². The first-order valence-corrected chi connectivity index (χ1v) is 8.96. The molecule has 0 radical (unpaired) electrons. The molecule has 1 aliphatic heterocycles. The molecule has 1 aromatic heterocycles. The van der Waals surface area contributed by atoms with Crippen LogP contribution in [0.25, 0.3) is 0 Å². The van der Waals surface area contributed by atoms with Gasteiger partial charge in [0, 0.05) is 50.2 Å². The van der Waals surface area contributed by atoms with Crippen molar-refractivity contribution in [2.45, 2.75) is 13.3 Å². The second-order valence-electron chi connectivity index (χ2n) is 6.23. The van der Waals surface area contributed by atoms with E-state index < -0.39 is 0 Å². The van der Waals surface area contributed by atoms with Crippen LogP contribution in [0.4, 0.5) is 17.2 Å². The van der Waals surface area contributed by atoms with Gasteiger partial charge in [-0.3, -0.25) is 10.1 Å². The standard InChI is InChI=1S/C19H22N4O4/c1-2-27-19(24)15-4-9-18(20-14-15)22-11-3-10-21(12-13-22)16-5-7-17(8-6-16)23(25)26/h4-9,14H,2-3,10-13H2,1H3. The number of esters is 1. The zero-order valence-corrected chi connectivity index (χ0v) is 15.2. The predicted octanol–water partition coefficient (Wildman–Crippen LogP) is 2.88. The molecular formula is C19H22N4O4. The van der Waals surface area contributed by atoms with Crippen LogP contribution in [0.15, 0.2) is 42.6 Å². The number of non-ortho nitro benzene ring substituents is 1. The van der Waals surface area contributed by atoms with Gasteiger partial charge in [-0.25, -0.2) is 9.78 Å². The van der Waals surface area contributed by atoms with Crippen molar-refractivity contribution in [1.29, 1.82) is 0 Å². The van der Waals surface area contributed by atoms with Gasteiger partial charge in [-0.1, -0.05) is 0 Å². The summed E-state index contributed by atoms with van der Waals surface area (Å²) in [5, 5.41) is 10.8.